The maximum atomic E-state index is 14.8. The molecule has 298 valence electrons. The number of hydrogen-bond donors (Lipinski definition) is 2. The molecule has 11 nitrogen and oxygen atoms in total. The molecule has 2 amide bonds. The summed E-state index contributed by atoms with van der Waals surface area (Å²) in [6.07, 6.45) is 12.3. The third-order valence-electron chi connectivity index (χ3n) is 12.4. The number of methoxy groups -OCH3 is 1. The molecule has 5 heterocycles. The maximum Gasteiger partial charge on any atom is 0.264 e. The van der Waals surface area contributed by atoms with E-state index < -0.39 is 21.5 Å². The van der Waals surface area contributed by atoms with Crippen LogP contribution >= 0.6 is 0 Å². The minimum Gasteiger partial charge on any atom is -0.497 e. The predicted octanol–water partition coefficient (Wildman–Crippen LogP) is 7.93. The van der Waals surface area contributed by atoms with Crippen LogP contribution in [0.5, 0.6) is 5.75 Å². The number of carbonyl (C=O) groups excluding carboxylic acids is 2. The van der Waals surface area contributed by atoms with Gasteiger partial charge in [0.1, 0.15) is 5.75 Å². The van der Waals surface area contributed by atoms with Crippen molar-refractivity contribution < 1.29 is 27.9 Å². The quantitative estimate of drug-likeness (QED) is 0.176. The van der Waals surface area contributed by atoms with Gasteiger partial charge in [0.05, 0.1) is 48.2 Å². The van der Waals surface area contributed by atoms with Crippen molar-refractivity contribution in [3.63, 3.8) is 0 Å². The van der Waals surface area contributed by atoms with Crippen molar-refractivity contribution in [3.05, 3.63) is 70.5 Å². The molecule has 12 heteroatoms. The van der Waals surface area contributed by atoms with E-state index in [0.717, 1.165) is 83.3 Å². The van der Waals surface area contributed by atoms with Crippen LogP contribution in [-0.2, 0) is 16.6 Å². The SMILES string of the molecule is COc1ccc2c(c1)C=C(c1c(C(=O)N3C4CC[C@H]3CC(C)(O)C4)cnn1C(C)C)Cn1c-2c(C2CCCCC2)c2ccc(C(=O)NS(=O)(=O)CC(C)C)cc21. The van der Waals surface area contributed by atoms with E-state index in [4.69, 9.17) is 9.84 Å². The summed E-state index contributed by atoms with van der Waals surface area (Å²) in [7, 11) is -2.17. The van der Waals surface area contributed by atoms with Gasteiger partial charge in [-0.3, -0.25) is 14.3 Å². The Labute approximate surface area is 330 Å². The molecule has 2 aromatic heterocycles. The molecule has 4 aromatic rings. The standard InChI is InChI=1S/C44H55N5O6S/c1-26(2)25-56(53,54)46-42(50)29-12-16-36-38(20-29)47-24-31(18-30-19-34(55-6)15-17-35(30)41(47)39(36)28-10-8-7-9-11-28)40-37(23-45-49(40)27(3)4)43(51)48-32-13-14-33(48)22-44(5,52)21-32/h12,15-20,23,26-28,32-33,52H,7-11,13-14,21-22,24-25H2,1-6H3,(H,46,50)/t32-,33?,44?/m0/s1. The molecular weight excluding hydrogens is 727 g/mol. The minimum absolute atomic E-state index is 0.0356. The zero-order chi connectivity index (χ0) is 39.7. The topological polar surface area (TPSA) is 136 Å². The smallest absolute Gasteiger partial charge is 0.264 e. The molecular formula is C44H55N5O6S. The fourth-order valence-electron chi connectivity index (χ4n) is 10.2. The first-order valence-electron chi connectivity index (χ1n) is 20.4. The summed E-state index contributed by atoms with van der Waals surface area (Å²) in [6, 6.07) is 11.6. The van der Waals surface area contributed by atoms with Crippen LogP contribution in [0.1, 0.15) is 142 Å². The summed E-state index contributed by atoms with van der Waals surface area (Å²) in [6.45, 7) is 10.0. The van der Waals surface area contributed by atoms with Gasteiger partial charge in [-0.25, -0.2) is 13.1 Å². The second kappa shape index (κ2) is 14.5. The number of fused-ring (bicyclic) bond motifs is 7. The monoisotopic (exact) mass is 781 g/mol. The Balaban J connectivity index is 1.32. The number of amides is 2. The van der Waals surface area contributed by atoms with Crippen molar-refractivity contribution in [3.8, 4) is 17.0 Å². The first kappa shape index (κ1) is 38.5. The van der Waals surface area contributed by atoms with Crippen molar-refractivity contribution in [1.29, 1.82) is 0 Å². The Kier molecular flexibility index (Phi) is 9.96. The summed E-state index contributed by atoms with van der Waals surface area (Å²) < 4.78 is 38.1. The molecule has 2 bridgehead atoms. The summed E-state index contributed by atoms with van der Waals surface area (Å²) in [4.78, 5) is 30.5. The van der Waals surface area contributed by atoms with E-state index in [-0.39, 0.29) is 41.3 Å². The molecule has 2 N–H and O–H groups in total. The van der Waals surface area contributed by atoms with E-state index in [1.165, 1.54) is 12.0 Å². The molecule has 1 saturated carbocycles. The van der Waals surface area contributed by atoms with Crippen LogP contribution in [0.2, 0.25) is 0 Å². The lowest BCUT2D eigenvalue weighted by molar-refractivity contribution is -0.0300. The number of aromatic nitrogens is 3. The Morgan fingerprint density at radius 1 is 0.982 bits per heavy atom. The van der Waals surface area contributed by atoms with Gasteiger partial charge in [-0.1, -0.05) is 39.2 Å². The molecule has 8 rings (SSSR count). The van der Waals surface area contributed by atoms with E-state index in [1.807, 2.05) is 48.6 Å². The molecule has 0 spiro atoms. The highest BCUT2D eigenvalue weighted by Gasteiger charge is 2.48. The van der Waals surface area contributed by atoms with Gasteiger partial charge < -0.3 is 19.3 Å². The summed E-state index contributed by atoms with van der Waals surface area (Å²) >= 11 is 0. The van der Waals surface area contributed by atoms with E-state index in [1.54, 1.807) is 19.4 Å². The van der Waals surface area contributed by atoms with Crippen molar-refractivity contribution in [2.45, 2.75) is 129 Å². The number of aliphatic hydroxyl groups is 1. The van der Waals surface area contributed by atoms with Gasteiger partial charge >= 0.3 is 0 Å². The zero-order valence-electron chi connectivity index (χ0n) is 33.5. The van der Waals surface area contributed by atoms with Gasteiger partial charge in [0.2, 0.25) is 10.0 Å². The second-order valence-corrected chi connectivity index (χ2v) is 19.4. The lowest BCUT2D eigenvalue weighted by Crippen LogP contribution is -2.52. The highest BCUT2D eigenvalue weighted by molar-refractivity contribution is 7.90. The summed E-state index contributed by atoms with van der Waals surface area (Å²) in [5.41, 5.74) is 6.79. The normalized spacial score (nSPS) is 22.6. The molecule has 0 radical (unpaired) electrons. The van der Waals surface area contributed by atoms with Crippen molar-refractivity contribution in [2.75, 3.05) is 12.9 Å². The number of piperidine rings is 1. The number of nitrogens with zero attached hydrogens (tertiary/aromatic N) is 4. The molecule has 2 saturated heterocycles. The summed E-state index contributed by atoms with van der Waals surface area (Å²) in [5.74, 6) is 0.0169. The number of ether oxygens (including phenoxy) is 1. The second-order valence-electron chi connectivity index (χ2n) is 17.6. The van der Waals surface area contributed by atoms with Gasteiger partial charge in [-0.15, -0.1) is 0 Å². The van der Waals surface area contributed by atoms with Gasteiger partial charge in [0.25, 0.3) is 11.8 Å². The Morgan fingerprint density at radius 3 is 2.36 bits per heavy atom. The van der Waals surface area contributed by atoms with Gasteiger partial charge in [0.15, 0.2) is 0 Å². The zero-order valence-corrected chi connectivity index (χ0v) is 34.3. The van der Waals surface area contributed by atoms with Crippen molar-refractivity contribution in [2.24, 2.45) is 5.92 Å². The van der Waals surface area contributed by atoms with Gasteiger partial charge in [0, 0.05) is 40.2 Å². The average Bonchev–Trinajstić information content (AvgIpc) is 3.77. The van der Waals surface area contributed by atoms with Crippen LogP contribution in [0.3, 0.4) is 0 Å². The number of allylic oxidation sites excluding steroid dienone is 1. The first-order chi connectivity index (χ1) is 26.6. The van der Waals surface area contributed by atoms with Gasteiger partial charge in [-0.2, -0.15) is 5.10 Å². The Hall–Kier alpha value is -4.42. The highest BCUT2D eigenvalue weighted by Crippen LogP contribution is 2.49. The first-order valence-corrected chi connectivity index (χ1v) is 22.0. The lowest BCUT2D eigenvalue weighted by Gasteiger charge is -2.42. The highest BCUT2D eigenvalue weighted by atomic mass is 32.2. The fraction of sp³-hybridized carbons (Fsp3) is 0.523. The number of rotatable bonds is 9. The number of sulfonamides is 1. The largest absolute Gasteiger partial charge is 0.497 e. The molecule has 3 atom stereocenters. The Bertz CT molecular complexity index is 2330. The van der Waals surface area contributed by atoms with Crippen molar-refractivity contribution >= 4 is 44.4 Å². The number of nitrogens with one attached hydrogen (secondary N) is 1. The molecule has 56 heavy (non-hydrogen) atoms. The van der Waals surface area contributed by atoms with E-state index in [9.17, 15) is 23.1 Å². The summed E-state index contributed by atoms with van der Waals surface area (Å²) in [5, 5.41) is 16.9. The van der Waals surface area contributed by atoms with Crippen LogP contribution < -0.4 is 9.46 Å². The average molecular weight is 782 g/mol. The van der Waals surface area contributed by atoms with Crippen LogP contribution in [-0.4, -0.2) is 75.1 Å². The van der Waals surface area contributed by atoms with Crippen LogP contribution in [0, 0.1) is 5.92 Å². The Morgan fingerprint density at radius 2 is 1.70 bits per heavy atom. The number of benzene rings is 2. The maximum absolute atomic E-state index is 14.8. The van der Waals surface area contributed by atoms with Crippen LogP contribution in [0.4, 0.5) is 0 Å². The van der Waals surface area contributed by atoms with E-state index in [0.29, 0.717) is 30.9 Å². The molecule has 3 fully saturated rings. The van der Waals surface area contributed by atoms with E-state index in [2.05, 4.69) is 41.3 Å². The molecule has 3 aliphatic heterocycles. The minimum atomic E-state index is -3.83. The van der Waals surface area contributed by atoms with Gasteiger partial charge in [-0.05, 0) is 124 Å². The predicted molar refractivity (Wildman–Crippen MR) is 219 cm³/mol. The number of hydrogen-bond acceptors (Lipinski definition) is 7. The molecule has 2 unspecified atom stereocenters. The third-order valence-corrected chi connectivity index (χ3v) is 14.0. The van der Waals surface area contributed by atoms with Crippen LogP contribution in [0.25, 0.3) is 33.8 Å². The van der Waals surface area contributed by atoms with E-state index >= 15 is 0 Å². The third kappa shape index (κ3) is 6.97. The number of carbonyl (C=O) groups is 2. The van der Waals surface area contributed by atoms with Crippen molar-refractivity contribution in [1.82, 2.24) is 24.0 Å². The fourth-order valence-corrected chi connectivity index (χ4v) is 11.5. The molecule has 1 aliphatic carbocycles. The molecule has 4 aliphatic rings. The molecule has 2 aromatic carbocycles. The van der Waals surface area contributed by atoms with Crippen LogP contribution in [0.15, 0.2) is 42.6 Å². The lowest BCUT2D eigenvalue weighted by atomic mass is 9.81.